The van der Waals surface area contributed by atoms with Crippen molar-refractivity contribution in [3.05, 3.63) is 287 Å². The molecule has 0 saturated heterocycles. The van der Waals surface area contributed by atoms with Crippen molar-refractivity contribution >= 4 is 220 Å². The predicted octanol–water partition coefficient (Wildman–Crippen LogP) is 13.3. The van der Waals surface area contributed by atoms with Crippen LogP contribution in [0.5, 0.6) is 0 Å². The maximum atomic E-state index is 12.6. The van der Waals surface area contributed by atoms with E-state index in [0.717, 1.165) is 32.8 Å². The number of benzene rings is 8. The zero-order chi connectivity index (χ0) is 90.9. The molecular weight excluding hydrogens is 1810 g/mol. The van der Waals surface area contributed by atoms with Gasteiger partial charge in [0.15, 0.2) is 20.5 Å². The number of aromatic nitrogens is 8. The summed E-state index contributed by atoms with van der Waals surface area (Å²) in [5.41, 5.74) is 6.39. The van der Waals surface area contributed by atoms with E-state index in [4.69, 9.17) is 18.9 Å². The second-order valence-electron chi connectivity index (χ2n) is 26.8. The first-order valence-electron chi connectivity index (χ1n) is 37.4. The summed E-state index contributed by atoms with van der Waals surface area (Å²) >= 11 is 4.70. The van der Waals surface area contributed by atoms with Crippen LogP contribution in [-0.4, -0.2) is 148 Å². The minimum Gasteiger partial charge on any atom is -0.465 e. The second kappa shape index (κ2) is 40.5. The molecule has 0 atom stereocenters. The maximum absolute atomic E-state index is 12.6. The SMILES string of the molecule is COC(=O)c1ccc2c(ccn2CC(=O)Nc2ccc(S(=O)(=O)Nc3nccs3)cc2)c1.COC(=O)c1ccc2ccn(CC(=O)Nc3ccc(S(=O)(=O)Nc4nccs4)cc3)c2c1.COC(=O)c1cccc2c1ccn2CC(=O)Nc1ccc(S(=O)(=O)Nc2nccs2)cc1.COC(=O)c1cn(CC(=O)Nc2ccc(S(=O)(=O)Nc3nccs3)cc2)c2ccccc12. The molecule has 128 heavy (non-hydrogen) atoms. The molecule has 0 unspecified atom stereocenters. The zero-order valence-electron chi connectivity index (χ0n) is 67.2. The Kier molecular flexibility index (Phi) is 28.7. The number of hydrogen-bond donors (Lipinski definition) is 8. The van der Waals surface area contributed by atoms with Crippen LogP contribution in [0.25, 0.3) is 43.6 Å². The predicted molar refractivity (Wildman–Crippen MR) is 485 cm³/mol. The summed E-state index contributed by atoms with van der Waals surface area (Å²) in [6.45, 7) is 0.0371. The fourth-order valence-electron chi connectivity index (χ4n) is 12.5. The number of hydrogen-bond acceptors (Lipinski definition) is 28. The van der Waals surface area contributed by atoms with Crippen molar-refractivity contribution in [2.24, 2.45) is 0 Å². The molecule has 8 N–H and O–H groups in total. The number of anilines is 8. The van der Waals surface area contributed by atoms with Gasteiger partial charge in [0.2, 0.25) is 23.6 Å². The van der Waals surface area contributed by atoms with E-state index in [1.165, 1.54) is 196 Å². The second-order valence-corrected chi connectivity index (χ2v) is 37.1. The summed E-state index contributed by atoms with van der Waals surface area (Å²) in [7, 11) is -9.81. The third-order valence-corrected chi connectivity index (χ3v) is 27.2. The highest BCUT2D eigenvalue weighted by Crippen LogP contribution is 2.30. The molecular formula is C84H72N16O20S8. The van der Waals surface area contributed by atoms with Crippen LogP contribution < -0.4 is 40.2 Å². The van der Waals surface area contributed by atoms with Gasteiger partial charge in [-0.2, -0.15) is 0 Å². The van der Waals surface area contributed by atoms with Gasteiger partial charge in [-0.05, 0) is 169 Å². The van der Waals surface area contributed by atoms with Gasteiger partial charge in [0.05, 0.1) is 70.3 Å². The van der Waals surface area contributed by atoms with Gasteiger partial charge in [0.25, 0.3) is 40.1 Å². The summed E-state index contributed by atoms with van der Waals surface area (Å²) in [5, 5.41) is 21.8. The van der Waals surface area contributed by atoms with Crippen LogP contribution in [-0.2, 0) is 104 Å². The number of rotatable bonds is 28. The number of ether oxygens (including phenoxy) is 4. The van der Waals surface area contributed by atoms with Gasteiger partial charge < -0.3 is 58.5 Å². The van der Waals surface area contributed by atoms with Gasteiger partial charge in [-0.25, -0.2) is 72.8 Å². The molecule has 8 aromatic heterocycles. The first kappa shape index (κ1) is 90.9. The number of nitrogens with zero attached hydrogens (tertiary/aromatic N) is 8. The summed E-state index contributed by atoms with van der Waals surface area (Å²) in [4.78, 5) is 113. The summed E-state index contributed by atoms with van der Waals surface area (Å²) < 4.78 is 135. The first-order valence-corrected chi connectivity index (χ1v) is 46.9. The third-order valence-electron chi connectivity index (χ3n) is 18.5. The van der Waals surface area contributed by atoms with E-state index in [0.29, 0.717) is 55.8 Å². The Labute approximate surface area is 745 Å². The molecule has 0 fully saturated rings. The molecule has 0 aliphatic carbocycles. The van der Waals surface area contributed by atoms with Crippen molar-refractivity contribution in [1.82, 2.24) is 38.2 Å². The lowest BCUT2D eigenvalue weighted by molar-refractivity contribution is -0.117. The Balaban J connectivity index is 0.000000146. The van der Waals surface area contributed by atoms with Gasteiger partial charge >= 0.3 is 23.9 Å². The van der Waals surface area contributed by atoms with E-state index >= 15 is 0 Å². The topological polar surface area (TPSA) is 478 Å². The number of carbonyl (C=O) groups excluding carboxylic acids is 8. The molecule has 36 nitrogen and oxygen atoms in total. The lowest BCUT2D eigenvalue weighted by Gasteiger charge is -2.09. The van der Waals surface area contributed by atoms with E-state index in [9.17, 15) is 72.0 Å². The van der Waals surface area contributed by atoms with Crippen LogP contribution in [0.3, 0.4) is 0 Å². The van der Waals surface area contributed by atoms with Crippen molar-refractivity contribution in [1.29, 1.82) is 0 Å². The van der Waals surface area contributed by atoms with Crippen molar-refractivity contribution in [3.63, 3.8) is 0 Å². The maximum Gasteiger partial charge on any atom is 0.340 e. The van der Waals surface area contributed by atoms with E-state index in [2.05, 4.69) is 60.1 Å². The minimum absolute atomic E-state index is 0.0137. The van der Waals surface area contributed by atoms with Crippen LogP contribution in [0.15, 0.2) is 285 Å². The molecule has 0 saturated carbocycles. The molecule has 0 radical (unpaired) electrons. The summed E-state index contributed by atoms with van der Waals surface area (Å²) in [6.07, 6.45) is 12.8. The van der Waals surface area contributed by atoms with Crippen molar-refractivity contribution in [3.8, 4) is 0 Å². The molecule has 16 rings (SSSR count). The molecule has 0 aliphatic rings. The number of nitrogens with one attached hydrogen (secondary N) is 8. The normalized spacial score (nSPS) is 11.3. The van der Waals surface area contributed by atoms with Gasteiger partial charge in [0.1, 0.15) is 26.2 Å². The van der Waals surface area contributed by atoms with Crippen molar-refractivity contribution in [2.75, 3.05) is 68.6 Å². The van der Waals surface area contributed by atoms with Gasteiger partial charge in [0, 0.05) is 132 Å². The third kappa shape index (κ3) is 22.8. The minimum atomic E-state index is -3.77. The highest BCUT2D eigenvalue weighted by Gasteiger charge is 2.24. The standard InChI is InChI=1S/4C21H18N4O5S2/c1-30-20(27)15-2-7-18-14(12-15)8-10-25(18)13-19(26)23-16-3-5-17(6-4-16)32(28,29)24-21-22-9-11-31-21;1-30-20(27)15-3-2-14-8-10-25(18(14)12-15)13-19(26)23-16-4-6-17(7-5-16)32(28,29)24-21-22-9-11-31-21;1-30-20(27)17-3-2-4-18-16(17)9-11-25(18)13-19(26)23-14-5-7-15(8-6-14)32(28,29)24-21-22-10-12-31-21;1-30-20(27)17-12-25(18-5-3-2-4-16(17)18)13-19(26)23-14-6-8-15(9-7-14)32(28,29)24-21-22-10-11-31-21/h4*2-12H,13H2,1H3,(H,22,24)(H,23,26). The van der Waals surface area contributed by atoms with E-state index in [-0.39, 0.29) is 89.9 Å². The fourth-order valence-corrected chi connectivity index (χ4v) is 19.7. The fraction of sp³-hybridized carbons (Fsp3) is 0.0952. The highest BCUT2D eigenvalue weighted by molar-refractivity contribution is 7.94. The van der Waals surface area contributed by atoms with Crippen LogP contribution in [0, 0.1) is 0 Å². The summed E-state index contributed by atoms with van der Waals surface area (Å²) in [5.74, 6) is -3.03. The number of sulfonamides is 4. The lowest BCUT2D eigenvalue weighted by atomic mass is 10.1. The number of thiazole rings is 4. The average molecular weight is 1880 g/mol. The molecule has 0 spiro atoms. The molecule has 44 heteroatoms. The van der Waals surface area contributed by atoms with Crippen molar-refractivity contribution < 1.29 is 91.0 Å². The van der Waals surface area contributed by atoms with E-state index in [1.54, 1.807) is 131 Å². The molecule has 4 amide bonds. The Bertz CT molecular complexity index is 7100. The number of para-hydroxylation sites is 1. The van der Waals surface area contributed by atoms with E-state index in [1.807, 2.05) is 30.3 Å². The highest BCUT2D eigenvalue weighted by atomic mass is 32.2. The Morgan fingerprint density at radius 1 is 0.312 bits per heavy atom. The molecule has 8 aromatic carbocycles. The van der Waals surface area contributed by atoms with Gasteiger partial charge in [-0.3, -0.25) is 38.1 Å². The zero-order valence-corrected chi connectivity index (χ0v) is 73.8. The molecule has 656 valence electrons. The van der Waals surface area contributed by atoms with Crippen LogP contribution in [0.1, 0.15) is 41.4 Å². The number of fused-ring (bicyclic) bond motifs is 4. The average Bonchev–Trinajstić information content (AvgIpc) is 1.64. The number of methoxy groups -OCH3 is 4. The quantitative estimate of drug-likeness (QED) is 0.0167. The number of esters is 4. The number of carbonyl (C=O) groups is 8. The monoisotopic (exact) mass is 1880 g/mol. The number of amides is 4. The van der Waals surface area contributed by atoms with Crippen LogP contribution in [0.2, 0.25) is 0 Å². The molecule has 0 aliphatic heterocycles. The largest absolute Gasteiger partial charge is 0.465 e. The Morgan fingerprint density at radius 3 is 1.04 bits per heavy atom. The molecule has 0 bridgehead atoms. The van der Waals surface area contributed by atoms with E-state index < -0.39 is 64.0 Å². The van der Waals surface area contributed by atoms with Crippen molar-refractivity contribution in [2.45, 2.75) is 45.8 Å². The Morgan fingerprint density at radius 2 is 0.641 bits per heavy atom. The summed E-state index contributed by atoms with van der Waals surface area (Å²) in [6, 6.07) is 51.3. The van der Waals surface area contributed by atoms with Crippen LogP contribution >= 0.6 is 45.3 Å². The first-order chi connectivity index (χ1) is 61.4. The molecule has 16 aromatic rings. The molecule has 8 heterocycles. The van der Waals surface area contributed by atoms with Gasteiger partial charge in [-0.15, -0.1) is 45.3 Å². The lowest BCUT2D eigenvalue weighted by Crippen LogP contribution is -2.18. The van der Waals surface area contributed by atoms with Gasteiger partial charge in [-0.1, -0.05) is 30.3 Å². The smallest absolute Gasteiger partial charge is 0.340 e. The van der Waals surface area contributed by atoms with Crippen LogP contribution in [0.4, 0.5) is 43.3 Å². The Hall–Kier alpha value is -14.8.